The van der Waals surface area contributed by atoms with Crippen molar-refractivity contribution in [1.29, 1.82) is 0 Å². The van der Waals surface area contributed by atoms with E-state index in [-0.39, 0.29) is 0 Å². The Morgan fingerprint density at radius 2 is 1.80 bits per heavy atom. The summed E-state index contributed by atoms with van der Waals surface area (Å²) in [5, 5.41) is 0. The van der Waals surface area contributed by atoms with Gasteiger partial charge in [-0.3, -0.25) is 0 Å². The van der Waals surface area contributed by atoms with Gasteiger partial charge in [0.1, 0.15) is 11.6 Å². The van der Waals surface area contributed by atoms with Gasteiger partial charge in [-0.2, -0.15) is 13.2 Å². The molecule has 2 N–H and O–H groups in total. The first-order chi connectivity index (χ1) is 9.27. The Balaban J connectivity index is 2.36. The van der Waals surface area contributed by atoms with E-state index in [2.05, 4.69) is 4.98 Å². The molecule has 0 aliphatic rings. The Morgan fingerprint density at radius 1 is 1.20 bits per heavy atom. The Hall–Kier alpha value is -1.98. The van der Waals surface area contributed by atoms with Gasteiger partial charge in [0, 0.05) is 18.3 Å². The molecule has 1 heterocycles. The van der Waals surface area contributed by atoms with Gasteiger partial charge in [0.15, 0.2) is 0 Å². The van der Waals surface area contributed by atoms with Crippen LogP contribution in [0, 0.1) is 5.92 Å². The van der Waals surface area contributed by atoms with Crippen LogP contribution in [0.2, 0.25) is 0 Å². The van der Waals surface area contributed by atoms with Crippen LogP contribution in [0.15, 0.2) is 30.5 Å². The van der Waals surface area contributed by atoms with Crippen molar-refractivity contribution in [3.63, 3.8) is 0 Å². The van der Waals surface area contributed by atoms with Crippen LogP contribution in [0.25, 0.3) is 11.4 Å². The largest absolute Gasteiger partial charge is 0.416 e. The minimum Gasteiger partial charge on any atom is -0.382 e. The molecule has 0 amide bonds. The summed E-state index contributed by atoms with van der Waals surface area (Å²) in [5.41, 5.74) is 5.63. The summed E-state index contributed by atoms with van der Waals surface area (Å²) in [6.45, 7) is 4.81. The molecule has 0 saturated heterocycles. The lowest BCUT2D eigenvalue weighted by atomic mass is 10.1. The molecule has 2 aromatic rings. The third-order valence-corrected chi connectivity index (χ3v) is 2.83. The highest BCUT2D eigenvalue weighted by Crippen LogP contribution is 2.31. The van der Waals surface area contributed by atoms with E-state index in [0.29, 0.717) is 29.7 Å². The molecule has 0 fully saturated rings. The van der Waals surface area contributed by atoms with Crippen molar-refractivity contribution in [2.45, 2.75) is 26.6 Å². The predicted molar refractivity (Wildman–Crippen MR) is 71.9 cm³/mol. The Morgan fingerprint density at radius 3 is 2.30 bits per heavy atom. The topological polar surface area (TPSA) is 43.8 Å². The van der Waals surface area contributed by atoms with Crippen LogP contribution in [0.1, 0.15) is 19.4 Å². The first-order valence-corrected chi connectivity index (χ1v) is 6.27. The number of hydrogen-bond donors (Lipinski definition) is 1. The average Bonchev–Trinajstić information content (AvgIpc) is 2.68. The van der Waals surface area contributed by atoms with Gasteiger partial charge < -0.3 is 10.3 Å². The molecule has 1 aromatic heterocycles. The molecule has 0 unspecified atom stereocenters. The van der Waals surface area contributed by atoms with Crippen LogP contribution in [-0.4, -0.2) is 9.55 Å². The van der Waals surface area contributed by atoms with Gasteiger partial charge in [-0.1, -0.05) is 26.0 Å². The average molecular weight is 283 g/mol. The van der Waals surface area contributed by atoms with E-state index in [9.17, 15) is 13.2 Å². The summed E-state index contributed by atoms with van der Waals surface area (Å²) in [6.07, 6.45) is -2.63. The van der Waals surface area contributed by atoms with Crippen LogP contribution >= 0.6 is 0 Å². The van der Waals surface area contributed by atoms with Crippen molar-refractivity contribution >= 4 is 5.82 Å². The number of hydrogen-bond acceptors (Lipinski definition) is 2. The van der Waals surface area contributed by atoms with Gasteiger partial charge in [0.05, 0.1) is 5.56 Å². The lowest BCUT2D eigenvalue weighted by Crippen LogP contribution is -2.06. The Labute approximate surface area is 115 Å². The third-order valence-electron chi connectivity index (χ3n) is 2.83. The number of benzene rings is 1. The van der Waals surface area contributed by atoms with Crippen LogP contribution in [-0.2, 0) is 12.7 Å². The van der Waals surface area contributed by atoms with Crippen molar-refractivity contribution in [2.24, 2.45) is 5.92 Å². The van der Waals surface area contributed by atoms with Crippen molar-refractivity contribution in [2.75, 3.05) is 5.73 Å². The summed E-state index contributed by atoms with van der Waals surface area (Å²) >= 11 is 0. The summed E-state index contributed by atoms with van der Waals surface area (Å²) in [6, 6.07) is 4.95. The number of anilines is 1. The maximum Gasteiger partial charge on any atom is 0.416 e. The fourth-order valence-corrected chi connectivity index (χ4v) is 2.01. The summed E-state index contributed by atoms with van der Waals surface area (Å²) in [5.74, 6) is 1.34. The Kier molecular flexibility index (Phi) is 3.74. The number of imidazole rings is 1. The second-order valence-corrected chi connectivity index (χ2v) is 5.11. The molecule has 0 saturated carbocycles. The fourth-order valence-electron chi connectivity index (χ4n) is 2.01. The molecule has 0 bridgehead atoms. The van der Waals surface area contributed by atoms with E-state index in [1.165, 1.54) is 12.1 Å². The van der Waals surface area contributed by atoms with Gasteiger partial charge in [0.2, 0.25) is 0 Å². The van der Waals surface area contributed by atoms with Gasteiger partial charge in [-0.05, 0) is 18.1 Å². The molecule has 0 atom stereocenters. The molecular formula is C14H16F3N3. The zero-order valence-corrected chi connectivity index (χ0v) is 11.3. The monoisotopic (exact) mass is 283 g/mol. The predicted octanol–water partition coefficient (Wildman–Crippen LogP) is 3.81. The number of nitrogens with zero attached hydrogens (tertiary/aromatic N) is 2. The van der Waals surface area contributed by atoms with Gasteiger partial charge in [0.25, 0.3) is 0 Å². The van der Waals surface area contributed by atoms with Crippen LogP contribution in [0.4, 0.5) is 19.0 Å². The molecule has 3 nitrogen and oxygen atoms in total. The summed E-state index contributed by atoms with van der Waals surface area (Å²) in [7, 11) is 0. The van der Waals surface area contributed by atoms with E-state index in [4.69, 9.17) is 5.73 Å². The van der Waals surface area contributed by atoms with Crippen LogP contribution in [0.5, 0.6) is 0 Å². The maximum absolute atomic E-state index is 12.5. The third kappa shape index (κ3) is 3.12. The first kappa shape index (κ1) is 14.4. The number of aromatic nitrogens is 2. The van der Waals surface area contributed by atoms with Crippen molar-refractivity contribution in [3.05, 3.63) is 36.0 Å². The highest BCUT2D eigenvalue weighted by Gasteiger charge is 2.30. The smallest absolute Gasteiger partial charge is 0.382 e. The van der Waals surface area contributed by atoms with E-state index in [0.717, 1.165) is 12.1 Å². The molecule has 1 aromatic carbocycles. The number of nitrogens with two attached hydrogens (primary N) is 1. The minimum absolute atomic E-state index is 0.362. The number of nitrogen functional groups attached to an aromatic ring is 1. The molecule has 2 rings (SSSR count). The molecule has 0 aliphatic heterocycles. The zero-order chi connectivity index (χ0) is 14.9. The number of alkyl halides is 3. The molecule has 6 heteroatoms. The van der Waals surface area contributed by atoms with Gasteiger partial charge in [-0.15, -0.1) is 0 Å². The molecular weight excluding hydrogens is 267 g/mol. The van der Waals surface area contributed by atoms with Crippen molar-refractivity contribution < 1.29 is 13.2 Å². The highest BCUT2D eigenvalue weighted by atomic mass is 19.4. The highest BCUT2D eigenvalue weighted by molar-refractivity contribution is 5.58. The van der Waals surface area contributed by atoms with Gasteiger partial charge >= 0.3 is 6.18 Å². The fraction of sp³-hybridized carbons (Fsp3) is 0.357. The maximum atomic E-state index is 12.5. The molecule has 108 valence electrons. The summed E-state index contributed by atoms with van der Waals surface area (Å²) in [4.78, 5) is 4.19. The van der Waals surface area contributed by atoms with E-state index >= 15 is 0 Å². The van der Waals surface area contributed by atoms with E-state index < -0.39 is 11.7 Å². The molecule has 0 radical (unpaired) electrons. The second kappa shape index (κ2) is 5.19. The molecule has 0 spiro atoms. The quantitative estimate of drug-likeness (QED) is 0.931. The van der Waals surface area contributed by atoms with Gasteiger partial charge in [-0.25, -0.2) is 4.98 Å². The van der Waals surface area contributed by atoms with Crippen LogP contribution < -0.4 is 5.73 Å². The van der Waals surface area contributed by atoms with Crippen molar-refractivity contribution in [1.82, 2.24) is 9.55 Å². The van der Waals surface area contributed by atoms with E-state index in [1.807, 2.05) is 18.4 Å². The van der Waals surface area contributed by atoms with Crippen LogP contribution in [0.3, 0.4) is 0 Å². The zero-order valence-electron chi connectivity index (χ0n) is 11.3. The van der Waals surface area contributed by atoms with E-state index in [1.54, 1.807) is 6.20 Å². The lowest BCUT2D eigenvalue weighted by Gasteiger charge is -2.11. The Bertz CT molecular complexity index is 583. The normalized spacial score (nSPS) is 12.1. The number of rotatable bonds is 3. The first-order valence-electron chi connectivity index (χ1n) is 6.27. The molecule has 20 heavy (non-hydrogen) atoms. The minimum atomic E-state index is -4.33. The SMILES string of the molecule is CC(C)Cn1cc(N)nc1-c1ccc(C(F)(F)F)cc1. The molecule has 0 aliphatic carbocycles. The summed E-state index contributed by atoms with van der Waals surface area (Å²) < 4.78 is 39.5. The standard InChI is InChI=1S/C14H16F3N3/c1-9(2)7-20-8-12(18)19-13(20)10-3-5-11(6-4-10)14(15,16)17/h3-6,8-9H,7,18H2,1-2H3. The van der Waals surface area contributed by atoms with Crippen molar-refractivity contribution in [3.8, 4) is 11.4 Å². The lowest BCUT2D eigenvalue weighted by molar-refractivity contribution is -0.137. The number of halogens is 3. The second-order valence-electron chi connectivity index (χ2n) is 5.11.